The summed E-state index contributed by atoms with van der Waals surface area (Å²) in [6.45, 7) is 10.2. The average molecular weight is 613 g/mol. The average Bonchev–Trinajstić information content (AvgIpc) is 2.93. The number of hydrogen-bond donors (Lipinski definition) is 1. The molecule has 0 spiro atoms. The lowest BCUT2D eigenvalue weighted by Gasteiger charge is -2.44. The van der Waals surface area contributed by atoms with E-state index in [-0.39, 0.29) is 33.3 Å². The molecule has 0 bridgehead atoms. The van der Waals surface area contributed by atoms with Crippen molar-refractivity contribution < 1.29 is 9.72 Å². The maximum absolute atomic E-state index is 14.0. The molecule has 1 unspecified atom stereocenters. The first kappa shape index (κ1) is 30.4. The molecule has 0 radical (unpaired) electrons. The Balaban J connectivity index is 1.68. The largest absolute Gasteiger partial charge is 0.384 e. The van der Waals surface area contributed by atoms with Crippen molar-refractivity contribution in [2.75, 3.05) is 4.90 Å². The second kappa shape index (κ2) is 11.6. The fourth-order valence-corrected chi connectivity index (χ4v) is 7.49. The zero-order chi connectivity index (χ0) is 31.2. The van der Waals surface area contributed by atoms with Crippen LogP contribution in [0.15, 0.2) is 82.2 Å². The number of nitrogens with zero attached hydrogens (tertiary/aromatic N) is 3. The Morgan fingerprint density at radius 2 is 1.81 bits per heavy atom. The highest BCUT2D eigenvalue weighted by Gasteiger charge is 2.45. The van der Waals surface area contributed by atoms with Gasteiger partial charge in [0.15, 0.2) is 5.78 Å². The predicted octanol–water partition coefficient (Wildman–Crippen LogP) is 8.41. The summed E-state index contributed by atoms with van der Waals surface area (Å²) < 4.78 is 0. The first-order valence-corrected chi connectivity index (χ1v) is 15.4. The van der Waals surface area contributed by atoms with Gasteiger partial charge in [0.2, 0.25) is 0 Å². The topological polar surface area (TPSA) is 113 Å². The van der Waals surface area contributed by atoms with Crippen LogP contribution in [0.25, 0.3) is 0 Å². The van der Waals surface area contributed by atoms with Crippen molar-refractivity contribution in [2.24, 2.45) is 11.1 Å². The molecule has 3 aromatic rings. The fourth-order valence-electron chi connectivity index (χ4n) is 6.14. The lowest BCUT2D eigenvalue weighted by molar-refractivity contribution is -0.384. The van der Waals surface area contributed by atoms with Gasteiger partial charge in [-0.15, -0.1) is 11.8 Å². The summed E-state index contributed by atoms with van der Waals surface area (Å²) in [5, 5.41) is 22.0. The van der Waals surface area contributed by atoms with Gasteiger partial charge in [0, 0.05) is 40.5 Å². The molecule has 0 fully saturated rings. The summed E-state index contributed by atoms with van der Waals surface area (Å²) in [7, 11) is 0. The molecule has 1 aliphatic heterocycles. The van der Waals surface area contributed by atoms with Crippen LogP contribution in [0.2, 0.25) is 5.02 Å². The number of halogens is 1. The molecule has 9 heteroatoms. The van der Waals surface area contributed by atoms with Gasteiger partial charge in [0.05, 0.1) is 33.2 Å². The Hall–Kier alpha value is -4.06. The molecule has 2 aliphatic rings. The zero-order valence-corrected chi connectivity index (χ0v) is 26.4. The molecule has 43 heavy (non-hydrogen) atoms. The van der Waals surface area contributed by atoms with Gasteiger partial charge in [-0.3, -0.25) is 19.8 Å². The molecule has 1 aliphatic carbocycles. The maximum Gasteiger partial charge on any atom is 0.271 e. The molecule has 2 N–H and O–H groups in total. The number of carbonyl (C=O) groups is 1. The number of nitro groups is 1. The van der Waals surface area contributed by atoms with Gasteiger partial charge in [-0.1, -0.05) is 55.8 Å². The van der Waals surface area contributed by atoms with Crippen LogP contribution in [0.1, 0.15) is 60.4 Å². The van der Waals surface area contributed by atoms with E-state index in [4.69, 9.17) is 17.3 Å². The van der Waals surface area contributed by atoms with Gasteiger partial charge >= 0.3 is 0 Å². The third-order valence-electron chi connectivity index (χ3n) is 8.28. The quantitative estimate of drug-likeness (QED) is 0.169. The Bertz CT molecular complexity index is 1790. The molecule has 0 saturated carbocycles. The van der Waals surface area contributed by atoms with Crippen LogP contribution in [-0.4, -0.2) is 10.7 Å². The van der Waals surface area contributed by atoms with E-state index in [0.717, 1.165) is 28.0 Å². The van der Waals surface area contributed by atoms with Crippen LogP contribution < -0.4 is 10.6 Å². The number of anilines is 1. The normalized spacial score (nSPS) is 18.0. The zero-order valence-electron chi connectivity index (χ0n) is 24.8. The number of benzene rings is 3. The van der Waals surface area contributed by atoms with Crippen molar-refractivity contribution in [1.82, 2.24) is 0 Å². The van der Waals surface area contributed by atoms with Gasteiger partial charge < -0.3 is 5.73 Å². The van der Waals surface area contributed by atoms with Crippen molar-refractivity contribution in [3.63, 3.8) is 0 Å². The minimum Gasteiger partial charge on any atom is -0.384 e. The summed E-state index contributed by atoms with van der Waals surface area (Å²) in [5.41, 5.74) is 13.5. The minimum atomic E-state index is -0.639. The smallest absolute Gasteiger partial charge is 0.271 e. The summed E-state index contributed by atoms with van der Waals surface area (Å²) in [4.78, 5) is 27.8. The van der Waals surface area contributed by atoms with Gasteiger partial charge in [0.1, 0.15) is 5.82 Å². The number of ketones is 1. The van der Waals surface area contributed by atoms with E-state index in [1.54, 1.807) is 16.7 Å². The molecular formula is C34H33ClN4O3S. The van der Waals surface area contributed by atoms with Crippen molar-refractivity contribution in [3.05, 3.63) is 120 Å². The third kappa shape index (κ3) is 5.67. The fraction of sp³-hybridized carbons (Fsp3) is 0.294. The number of carbonyl (C=O) groups excluding carboxylic acids is 1. The lowest BCUT2D eigenvalue weighted by atomic mass is 9.68. The Labute approximate surface area is 261 Å². The van der Waals surface area contributed by atoms with Crippen molar-refractivity contribution >= 4 is 40.5 Å². The van der Waals surface area contributed by atoms with Crippen molar-refractivity contribution in [1.29, 1.82) is 5.26 Å². The van der Waals surface area contributed by atoms with E-state index in [1.165, 1.54) is 28.7 Å². The Morgan fingerprint density at radius 3 is 2.47 bits per heavy atom. The highest BCUT2D eigenvalue weighted by Crippen LogP contribution is 2.52. The van der Waals surface area contributed by atoms with Crippen LogP contribution in [0.3, 0.4) is 0 Å². The molecule has 220 valence electrons. The van der Waals surface area contributed by atoms with E-state index in [0.29, 0.717) is 29.8 Å². The number of allylic oxidation sites excluding steroid dienone is 3. The number of thioether (sulfide) groups is 1. The van der Waals surface area contributed by atoms with E-state index in [2.05, 4.69) is 44.2 Å². The number of rotatable bonds is 6. The second-order valence-corrected chi connectivity index (χ2v) is 13.5. The maximum atomic E-state index is 14.0. The Morgan fingerprint density at radius 1 is 1.09 bits per heavy atom. The number of Topliss-reactive ketones (excluding diaryl/α,β-unsaturated/α-hetero) is 1. The van der Waals surface area contributed by atoms with Crippen LogP contribution in [-0.2, 0) is 10.5 Å². The van der Waals surface area contributed by atoms with Crippen LogP contribution in [0.4, 0.5) is 11.4 Å². The monoisotopic (exact) mass is 612 g/mol. The van der Waals surface area contributed by atoms with Crippen molar-refractivity contribution in [3.8, 4) is 6.07 Å². The number of aryl methyl sites for hydroxylation is 3. The van der Waals surface area contributed by atoms with Crippen LogP contribution in [0.5, 0.6) is 0 Å². The van der Waals surface area contributed by atoms with E-state index >= 15 is 0 Å². The van der Waals surface area contributed by atoms with Crippen molar-refractivity contribution in [2.45, 2.75) is 64.0 Å². The summed E-state index contributed by atoms with van der Waals surface area (Å²) in [6.07, 6.45) is 0.835. The Kier molecular flexibility index (Phi) is 8.17. The first-order valence-electron chi connectivity index (χ1n) is 14.0. The number of nitrogens with two attached hydrogens (primary N) is 1. The lowest BCUT2D eigenvalue weighted by Crippen LogP contribution is -2.42. The number of non-ortho nitro benzene ring substituents is 1. The SMILES string of the molecule is Cc1cc(C)c(C2C(C#N)=C(N)N(c3ccc([N+](=O)[O-])cc3Cl)C3=C2C(=O)CC(C)(C)C3)cc1CSc1ccccc1C. The number of nitro benzene ring substituents is 1. The molecule has 0 saturated heterocycles. The molecule has 3 aromatic carbocycles. The number of nitriles is 1. The van der Waals surface area contributed by atoms with Gasteiger partial charge in [-0.05, 0) is 72.6 Å². The molecule has 5 rings (SSSR count). The standard InChI is InChI=1S/C34H33ClN4O3S/c1-19-8-6-7-9-30(19)43-18-22-13-24(21(3)12-20(22)2)31-25(17-36)33(37)38(27-11-10-23(39(41)42)14-26(27)35)28-15-34(4,5)16-29(40)32(28)31/h6-14,31H,15-16,18,37H2,1-5H3. The van der Waals surface area contributed by atoms with E-state index in [9.17, 15) is 20.2 Å². The highest BCUT2D eigenvalue weighted by atomic mass is 35.5. The van der Waals surface area contributed by atoms with Crippen LogP contribution >= 0.6 is 23.4 Å². The van der Waals surface area contributed by atoms with Gasteiger partial charge in [0.25, 0.3) is 5.69 Å². The molecule has 1 heterocycles. The second-order valence-electron chi connectivity index (χ2n) is 12.1. The highest BCUT2D eigenvalue weighted by molar-refractivity contribution is 7.98. The first-order chi connectivity index (χ1) is 20.3. The molecule has 7 nitrogen and oxygen atoms in total. The summed E-state index contributed by atoms with van der Waals surface area (Å²) >= 11 is 8.35. The van der Waals surface area contributed by atoms with Gasteiger partial charge in [-0.25, -0.2) is 0 Å². The summed E-state index contributed by atoms with van der Waals surface area (Å²) in [5.74, 6) is 0.216. The van der Waals surface area contributed by atoms with E-state index < -0.39 is 10.8 Å². The molecule has 0 aromatic heterocycles. The van der Waals surface area contributed by atoms with E-state index in [1.807, 2.05) is 32.9 Å². The molecule has 0 amide bonds. The van der Waals surface area contributed by atoms with Crippen LogP contribution in [0, 0.1) is 47.6 Å². The number of hydrogen-bond acceptors (Lipinski definition) is 7. The third-order valence-corrected chi connectivity index (χ3v) is 9.80. The minimum absolute atomic E-state index is 0.0460. The summed E-state index contributed by atoms with van der Waals surface area (Å²) in [6, 6.07) is 19.0. The molecule has 1 atom stereocenters. The van der Waals surface area contributed by atoms with Gasteiger partial charge in [-0.2, -0.15) is 5.26 Å². The predicted molar refractivity (Wildman–Crippen MR) is 172 cm³/mol. The molecular weight excluding hydrogens is 580 g/mol.